The molecule has 3 rings (SSSR count). The van der Waals surface area contributed by atoms with Gasteiger partial charge < -0.3 is 20.6 Å². The van der Waals surface area contributed by atoms with Gasteiger partial charge in [-0.05, 0) is 36.8 Å². The second-order valence-corrected chi connectivity index (χ2v) is 7.57. The van der Waals surface area contributed by atoms with Crippen LogP contribution in [-0.2, 0) is 20.8 Å². The lowest BCUT2D eigenvalue weighted by molar-refractivity contribution is -0.151. The lowest BCUT2D eigenvalue weighted by Crippen LogP contribution is -2.67. The second-order valence-electron chi connectivity index (χ2n) is 6.70. The Bertz CT molecular complexity index is 694. The summed E-state index contributed by atoms with van der Waals surface area (Å²) in [5, 5.41) is 15.1. The molecular weight excluding hydrogens is 354 g/mol. The van der Waals surface area contributed by atoms with Crippen LogP contribution in [0.2, 0.25) is 0 Å². The fraction of sp³-hybridized carbons (Fsp3) is 0.500. The first-order valence-corrected chi connectivity index (χ1v) is 10.0. The maximum Gasteiger partial charge on any atom is 0.246 e. The highest BCUT2D eigenvalue weighted by atomic mass is 32.2. The third kappa shape index (κ3) is 4.12. The number of fused-ring (bicyclic) bond motifs is 1. The van der Waals surface area contributed by atoms with Crippen molar-refractivity contribution < 1.29 is 19.5 Å². The summed E-state index contributed by atoms with van der Waals surface area (Å²) in [6, 6.07) is 5.43. The number of benzene rings is 1. The Hall–Kier alpha value is -2.22. The summed E-state index contributed by atoms with van der Waals surface area (Å²) in [6.07, 6.45) is 3.36. The van der Waals surface area contributed by atoms with Crippen LogP contribution in [0.25, 0.3) is 0 Å². The summed E-state index contributed by atoms with van der Waals surface area (Å²) in [7, 11) is 0. The number of thioether (sulfide) groups is 1. The van der Waals surface area contributed by atoms with E-state index in [9.17, 15) is 19.5 Å². The smallest absolute Gasteiger partial charge is 0.246 e. The van der Waals surface area contributed by atoms with Gasteiger partial charge >= 0.3 is 0 Å². The Balaban J connectivity index is 1.63. The van der Waals surface area contributed by atoms with Crippen LogP contribution in [0.4, 0.5) is 0 Å². The molecule has 0 aliphatic carbocycles. The van der Waals surface area contributed by atoms with E-state index in [1.807, 2.05) is 6.26 Å². The highest BCUT2D eigenvalue weighted by molar-refractivity contribution is 7.99. The van der Waals surface area contributed by atoms with Crippen molar-refractivity contribution in [2.24, 2.45) is 0 Å². The van der Waals surface area contributed by atoms with Crippen molar-refractivity contribution in [1.82, 2.24) is 15.5 Å². The minimum atomic E-state index is -0.592. The molecule has 0 aromatic heterocycles. The van der Waals surface area contributed by atoms with Gasteiger partial charge in [-0.2, -0.15) is 11.8 Å². The summed E-state index contributed by atoms with van der Waals surface area (Å²) in [6.45, 7) is 0.465. The first kappa shape index (κ1) is 18.6. The summed E-state index contributed by atoms with van der Waals surface area (Å²) >= 11 is 1.45. The second kappa shape index (κ2) is 7.99. The molecule has 8 heteroatoms. The fourth-order valence-electron chi connectivity index (χ4n) is 3.55. The Kier molecular flexibility index (Phi) is 5.70. The van der Waals surface area contributed by atoms with Crippen molar-refractivity contribution in [3.8, 4) is 5.75 Å². The number of piperazine rings is 1. The van der Waals surface area contributed by atoms with Crippen LogP contribution in [0.1, 0.15) is 18.4 Å². The van der Waals surface area contributed by atoms with Crippen LogP contribution in [-0.4, -0.2) is 64.4 Å². The molecule has 3 atom stereocenters. The largest absolute Gasteiger partial charge is 0.508 e. The van der Waals surface area contributed by atoms with Crippen LogP contribution in [0, 0.1) is 0 Å². The number of carbonyl (C=O) groups excluding carboxylic acids is 3. The third-order valence-corrected chi connectivity index (χ3v) is 5.37. The highest BCUT2D eigenvalue weighted by Gasteiger charge is 2.43. The number of phenols is 1. The lowest BCUT2D eigenvalue weighted by atomic mass is 9.91. The van der Waals surface area contributed by atoms with Crippen LogP contribution in [0.5, 0.6) is 5.75 Å². The predicted octanol–water partition coefficient (Wildman–Crippen LogP) is 0.272. The first-order valence-electron chi connectivity index (χ1n) is 8.65. The number of nitrogens with one attached hydrogen (secondary N) is 2. The minimum absolute atomic E-state index is 0.0382. The van der Waals surface area contributed by atoms with Gasteiger partial charge in [0.2, 0.25) is 17.7 Å². The minimum Gasteiger partial charge on any atom is -0.508 e. The molecule has 0 bridgehead atoms. The monoisotopic (exact) mass is 377 g/mol. The number of amides is 3. The molecule has 0 unspecified atom stereocenters. The summed E-state index contributed by atoms with van der Waals surface area (Å²) < 4.78 is 0. The summed E-state index contributed by atoms with van der Waals surface area (Å²) in [5.41, 5.74) is 0.874. The molecule has 7 nitrogen and oxygen atoms in total. The van der Waals surface area contributed by atoms with Gasteiger partial charge in [-0.1, -0.05) is 12.1 Å². The van der Waals surface area contributed by atoms with E-state index < -0.39 is 12.1 Å². The molecule has 2 saturated heterocycles. The Morgan fingerprint density at radius 1 is 1.35 bits per heavy atom. The van der Waals surface area contributed by atoms with E-state index in [-0.39, 0.29) is 29.5 Å². The zero-order valence-corrected chi connectivity index (χ0v) is 15.4. The van der Waals surface area contributed by atoms with Crippen LogP contribution < -0.4 is 10.6 Å². The maximum atomic E-state index is 12.8. The SMILES string of the molecule is CSCC(=O)N[C@H]1CCN2C(=O)[C@@H](Cc3ccc(O)cc3)NC(=O)[C@@H]2C1. The van der Waals surface area contributed by atoms with Crippen LogP contribution in [0.15, 0.2) is 24.3 Å². The van der Waals surface area contributed by atoms with Gasteiger partial charge in [0, 0.05) is 19.0 Å². The highest BCUT2D eigenvalue weighted by Crippen LogP contribution is 2.24. The lowest BCUT2D eigenvalue weighted by Gasteiger charge is -2.44. The number of phenolic OH excluding ortho intramolecular Hbond substituents is 1. The molecule has 1 aromatic carbocycles. The topological polar surface area (TPSA) is 98.7 Å². The number of aromatic hydroxyl groups is 1. The Morgan fingerprint density at radius 2 is 2.08 bits per heavy atom. The number of carbonyl (C=O) groups is 3. The van der Waals surface area contributed by atoms with Crippen molar-refractivity contribution in [2.45, 2.75) is 37.4 Å². The van der Waals surface area contributed by atoms with Gasteiger partial charge in [0.15, 0.2) is 0 Å². The van der Waals surface area contributed by atoms with Gasteiger partial charge in [-0.15, -0.1) is 0 Å². The van der Waals surface area contributed by atoms with E-state index in [1.165, 1.54) is 11.8 Å². The van der Waals surface area contributed by atoms with Crippen molar-refractivity contribution >= 4 is 29.5 Å². The quantitative estimate of drug-likeness (QED) is 0.684. The standard InChI is InChI=1S/C18H23N3O4S/c1-26-10-16(23)19-12-6-7-21-15(9-12)17(24)20-14(18(21)25)8-11-2-4-13(22)5-3-11/h2-5,12,14-15,22H,6-10H2,1H3,(H,19,23)(H,20,24)/t12-,14+,15-/m0/s1. The molecule has 2 aliphatic rings. The van der Waals surface area contributed by atoms with E-state index in [2.05, 4.69) is 10.6 Å². The van der Waals surface area contributed by atoms with Gasteiger partial charge in [0.1, 0.15) is 17.8 Å². The van der Waals surface area contributed by atoms with E-state index in [4.69, 9.17) is 0 Å². The molecular formula is C18H23N3O4S. The Labute approximate surface area is 156 Å². The number of hydrogen-bond acceptors (Lipinski definition) is 5. The van der Waals surface area contributed by atoms with E-state index in [0.29, 0.717) is 31.6 Å². The molecule has 2 fully saturated rings. The maximum absolute atomic E-state index is 12.8. The number of rotatable bonds is 5. The predicted molar refractivity (Wildman–Crippen MR) is 98.8 cm³/mol. The summed E-state index contributed by atoms with van der Waals surface area (Å²) in [4.78, 5) is 38.7. The van der Waals surface area contributed by atoms with E-state index in [0.717, 1.165) is 5.56 Å². The molecule has 2 heterocycles. The molecule has 1 aromatic rings. The van der Waals surface area contributed by atoms with Crippen LogP contribution >= 0.6 is 11.8 Å². The molecule has 3 N–H and O–H groups in total. The van der Waals surface area contributed by atoms with Crippen molar-refractivity contribution in [1.29, 1.82) is 0 Å². The normalized spacial score (nSPS) is 25.4. The molecule has 140 valence electrons. The van der Waals surface area contributed by atoms with Crippen molar-refractivity contribution in [3.63, 3.8) is 0 Å². The number of piperidine rings is 1. The first-order chi connectivity index (χ1) is 12.5. The molecule has 26 heavy (non-hydrogen) atoms. The fourth-order valence-corrected chi connectivity index (χ4v) is 3.89. The van der Waals surface area contributed by atoms with Gasteiger partial charge in [-0.3, -0.25) is 14.4 Å². The average Bonchev–Trinajstić information content (AvgIpc) is 2.61. The van der Waals surface area contributed by atoms with E-state index in [1.54, 1.807) is 29.2 Å². The van der Waals surface area contributed by atoms with E-state index >= 15 is 0 Å². The third-order valence-electron chi connectivity index (χ3n) is 4.82. The summed E-state index contributed by atoms with van der Waals surface area (Å²) in [5.74, 6) is 0.265. The van der Waals surface area contributed by atoms with Gasteiger partial charge in [-0.25, -0.2) is 0 Å². The molecule has 2 aliphatic heterocycles. The molecule has 0 spiro atoms. The zero-order chi connectivity index (χ0) is 18.7. The van der Waals surface area contributed by atoms with Gasteiger partial charge in [0.05, 0.1) is 5.75 Å². The van der Waals surface area contributed by atoms with Crippen molar-refractivity contribution in [3.05, 3.63) is 29.8 Å². The van der Waals surface area contributed by atoms with Crippen LogP contribution in [0.3, 0.4) is 0 Å². The van der Waals surface area contributed by atoms with Crippen molar-refractivity contribution in [2.75, 3.05) is 18.6 Å². The Morgan fingerprint density at radius 3 is 2.77 bits per heavy atom. The van der Waals surface area contributed by atoms with Gasteiger partial charge in [0.25, 0.3) is 0 Å². The molecule has 0 saturated carbocycles. The zero-order valence-electron chi connectivity index (χ0n) is 14.6. The molecule has 3 amide bonds. The average molecular weight is 377 g/mol. The number of nitrogens with zero attached hydrogens (tertiary/aromatic N) is 1. The number of hydrogen-bond donors (Lipinski definition) is 3. The molecule has 0 radical (unpaired) electrons.